The van der Waals surface area contributed by atoms with Crippen LogP contribution < -0.4 is 10.1 Å². The van der Waals surface area contributed by atoms with Gasteiger partial charge in [-0.3, -0.25) is 14.9 Å². The van der Waals surface area contributed by atoms with E-state index in [4.69, 9.17) is 10.00 Å². The predicted molar refractivity (Wildman–Crippen MR) is 66.8 cm³/mol. The molecule has 1 aromatic rings. The van der Waals surface area contributed by atoms with E-state index in [1.165, 1.54) is 25.3 Å². The molecule has 0 radical (unpaired) electrons. The molecule has 0 bridgehead atoms. The third kappa shape index (κ3) is 3.67. The normalized spacial score (nSPS) is 11.2. The Morgan fingerprint density at radius 1 is 1.63 bits per heavy atom. The van der Waals surface area contributed by atoms with Crippen LogP contribution in [0.25, 0.3) is 0 Å². The Hall–Kier alpha value is -2.62. The Labute approximate surface area is 109 Å². The molecule has 0 saturated heterocycles. The molecule has 19 heavy (non-hydrogen) atoms. The molecular formula is C12H13N3O4. The summed E-state index contributed by atoms with van der Waals surface area (Å²) < 4.78 is 4.96. The fraction of sp³-hybridized carbons (Fsp3) is 0.333. The van der Waals surface area contributed by atoms with Crippen LogP contribution in [-0.2, 0) is 0 Å². The zero-order valence-corrected chi connectivity index (χ0v) is 10.5. The second-order valence-corrected chi connectivity index (χ2v) is 3.88. The first-order valence-electron chi connectivity index (χ1n) is 5.49. The van der Waals surface area contributed by atoms with Gasteiger partial charge in [-0.1, -0.05) is 0 Å². The predicted octanol–water partition coefficient (Wildman–Crippen LogP) is 1.49. The Morgan fingerprint density at radius 3 is 2.84 bits per heavy atom. The number of nitriles is 1. The van der Waals surface area contributed by atoms with Gasteiger partial charge in [-0.05, 0) is 13.0 Å². The molecule has 1 unspecified atom stereocenters. The molecule has 100 valence electrons. The number of hydrogen-bond acceptors (Lipinski definition) is 5. The van der Waals surface area contributed by atoms with E-state index in [0.29, 0.717) is 0 Å². The second-order valence-electron chi connectivity index (χ2n) is 3.88. The third-order valence-electron chi connectivity index (χ3n) is 2.43. The van der Waals surface area contributed by atoms with Gasteiger partial charge in [0.15, 0.2) is 0 Å². The monoisotopic (exact) mass is 263 g/mol. The molecule has 1 aromatic carbocycles. The van der Waals surface area contributed by atoms with Crippen LogP contribution in [0.5, 0.6) is 5.75 Å². The van der Waals surface area contributed by atoms with E-state index in [-0.39, 0.29) is 29.5 Å². The van der Waals surface area contributed by atoms with Gasteiger partial charge in [0.1, 0.15) is 5.75 Å². The van der Waals surface area contributed by atoms with Crippen molar-refractivity contribution in [1.82, 2.24) is 5.32 Å². The van der Waals surface area contributed by atoms with E-state index >= 15 is 0 Å². The van der Waals surface area contributed by atoms with Crippen molar-refractivity contribution in [2.75, 3.05) is 13.7 Å². The van der Waals surface area contributed by atoms with Gasteiger partial charge in [0, 0.05) is 12.6 Å². The maximum atomic E-state index is 11.9. The van der Waals surface area contributed by atoms with Gasteiger partial charge in [-0.15, -0.1) is 0 Å². The highest BCUT2D eigenvalue weighted by atomic mass is 16.6. The van der Waals surface area contributed by atoms with Crippen molar-refractivity contribution in [1.29, 1.82) is 5.26 Å². The molecule has 0 aromatic heterocycles. The summed E-state index contributed by atoms with van der Waals surface area (Å²) in [6.07, 6.45) is 0. The average molecular weight is 263 g/mol. The van der Waals surface area contributed by atoms with E-state index in [0.717, 1.165) is 0 Å². The lowest BCUT2D eigenvalue weighted by Crippen LogP contribution is -2.28. The summed E-state index contributed by atoms with van der Waals surface area (Å²) in [6.45, 7) is 1.88. The molecule has 0 heterocycles. The SMILES string of the molecule is COc1cc([N+](=O)[O-])ccc1C(=O)NCC(C)C#N. The van der Waals surface area contributed by atoms with Crippen molar-refractivity contribution in [3.8, 4) is 11.8 Å². The van der Waals surface area contributed by atoms with E-state index in [1.807, 2.05) is 6.07 Å². The summed E-state index contributed by atoms with van der Waals surface area (Å²) in [5.41, 5.74) is 0.0389. The summed E-state index contributed by atoms with van der Waals surface area (Å²) in [5.74, 6) is -0.627. The van der Waals surface area contributed by atoms with Crippen molar-refractivity contribution in [3.63, 3.8) is 0 Å². The second kappa shape index (κ2) is 6.35. The van der Waals surface area contributed by atoms with Gasteiger partial charge in [-0.2, -0.15) is 5.26 Å². The lowest BCUT2D eigenvalue weighted by atomic mass is 10.1. The fourth-order valence-corrected chi connectivity index (χ4v) is 1.37. The molecule has 7 heteroatoms. The first-order chi connectivity index (χ1) is 8.99. The number of rotatable bonds is 5. The van der Waals surface area contributed by atoms with Crippen LogP contribution in [0.1, 0.15) is 17.3 Å². The summed E-state index contributed by atoms with van der Waals surface area (Å²) in [4.78, 5) is 21.9. The van der Waals surface area contributed by atoms with Crippen LogP contribution >= 0.6 is 0 Å². The molecule has 0 fully saturated rings. The maximum absolute atomic E-state index is 11.9. The average Bonchev–Trinajstić information content (AvgIpc) is 2.43. The van der Waals surface area contributed by atoms with Crippen LogP contribution in [0.15, 0.2) is 18.2 Å². The molecule has 1 amide bonds. The van der Waals surface area contributed by atoms with Gasteiger partial charge < -0.3 is 10.1 Å². The molecule has 0 aliphatic rings. The number of carbonyl (C=O) groups excluding carboxylic acids is 1. The minimum Gasteiger partial charge on any atom is -0.496 e. The van der Waals surface area contributed by atoms with Gasteiger partial charge >= 0.3 is 0 Å². The van der Waals surface area contributed by atoms with Crippen molar-refractivity contribution in [3.05, 3.63) is 33.9 Å². The number of non-ortho nitro benzene ring substituents is 1. The first kappa shape index (κ1) is 14.4. The van der Waals surface area contributed by atoms with Crippen LogP contribution in [0.3, 0.4) is 0 Å². The zero-order chi connectivity index (χ0) is 14.4. The Morgan fingerprint density at radius 2 is 2.32 bits per heavy atom. The molecule has 0 saturated carbocycles. The van der Waals surface area contributed by atoms with Gasteiger partial charge in [-0.25, -0.2) is 0 Å². The van der Waals surface area contributed by atoms with Crippen molar-refractivity contribution < 1.29 is 14.5 Å². The van der Waals surface area contributed by atoms with E-state index in [1.54, 1.807) is 6.92 Å². The van der Waals surface area contributed by atoms with Crippen molar-refractivity contribution >= 4 is 11.6 Å². The van der Waals surface area contributed by atoms with Crippen molar-refractivity contribution in [2.24, 2.45) is 5.92 Å². The third-order valence-corrected chi connectivity index (χ3v) is 2.43. The van der Waals surface area contributed by atoms with E-state index < -0.39 is 10.8 Å². The molecule has 1 atom stereocenters. The van der Waals surface area contributed by atoms with E-state index in [2.05, 4.69) is 5.32 Å². The van der Waals surface area contributed by atoms with Crippen LogP contribution in [0.2, 0.25) is 0 Å². The summed E-state index contributed by atoms with van der Waals surface area (Å²) in [6, 6.07) is 5.72. The fourth-order valence-electron chi connectivity index (χ4n) is 1.37. The highest BCUT2D eigenvalue weighted by molar-refractivity contribution is 5.97. The zero-order valence-electron chi connectivity index (χ0n) is 10.5. The number of carbonyl (C=O) groups is 1. The molecule has 0 aliphatic heterocycles. The number of nitro groups is 1. The highest BCUT2D eigenvalue weighted by Gasteiger charge is 2.17. The van der Waals surface area contributed by atoms with Gasteiger partial charge in [0.25, 0.3) is 11.6 Å². The molecule has 7 nitrogen and oxygen atoms in total. The summed E-state index contributed by atoms with van der Waals surface area (Å²) in [7, 11) is 1.33. The largest absolute Gasteiger partial charge is 0.496 e. The number of nitrogens with one attached hydrogen (secondary N) is 1. The maximum Gasteiger partial charge on any atom is 0.273 e. The van der Waals surface area contributed by atoms with Crippen molar-refractivity contribution in [2.45, 2.75) is 6.92 Å². The molecule has 1 N–H and O–H groups in total. The number of nitro benzene ring substituents is 1. The van der Waals surface area contributed by atoms with Gasteiger partial charge in [0.2, 0.25) is 0 Å². The Kier molecular flexibility index (Phi) is 4.83. The lowest BCUT2D eigenvalue weighted by Gasteiger charge is -2.09. The quantitative estimate of drug-likeness (QED) is 0.640. The Balaban J connectivity index is 2.91. The van der Waals surface area contributed by atoms with E-state index in [9.17, 15) is 14.9 Å². The number of amides is 1. The number of hydrogen-bond donors (Lipinski definition) is 1. The standard InChI is InChI=1S/C12H13N3O4/c1-8(6-13)7-14-12(16)10-4-3-9(15(17)18)5-11(10)19-2/h3-5,8H,7H2,1-2H3,(H,14,16). The minimum atomic E-state index is -0.568. The van der Waals surface area contributed by atoms with Crippen LogP contribution in [0.4, 0.5) is 5.69 Å². The minimum absolute atomic E-state index is 0.122. The molecule has 1 rings (SSSR count). The summed E-state index contributed by atoms with van der Waals surface area (Å²) >= 11 is 0. The molecule has 0 aliphatic carbocycles. The van der Waals surface area contributed by atoms with Crippen LogP contribution in [-0.4, -0.2) is 24.5 Å². The molecule has 0 spiro atoms. The topological polar surface area (TPSA) is 105 Å². The first-order valence-corrected chi connectivity index (χ1v) is 5.49. The number of methoxy groups -OCH3 is 1. The lowest BCUT2D eigenvalue weighted by molar-refractivity contribution is -0.384. The van der Waals surface area contributed by atoms with Gasteiger partial charge in [0.05, 0.1) is 35.7 Å². The highest BCUT2D eigenvalue weighted by Crippen LogP contribution is 2.24. The Bertz CT molecular complexity index is 536. The summed E-state index contributed by atoms with van der Waals surface area (Å²) in [5, 5.41) is 21.8. The smallest absolute Gasteiger partial charge is 0.273 e. The van der Waals surface area contributed by atoms with Crippen LogP contribution in [0, 0.1) is 27.4 Å². The number of nitrogens with zero attached hydrogens (tertiary/aromatic N) is 2. The number of benzene rings is 1. The number of ether oxygens (including phenoxy) is 1. The molecular weight excluding hydrogens is 250 g/mol.